The Bertz CT molecular complexity index is 571. The zero-order chi connectivity index (χ0) is 16.1. The number of nitrogens with zero attached hydrogens (tertiary/aromatic N) is 3. The molecule has 0 saturated carbocycles. The Balaban J connectivity index is 3.92. The number of carbonyl (C=O) groups excluding carboxylic acids is 1. The summed E-state index contributed by atoms with van der Waals surface area (Å²) in [6, 6.07) is 0. The lowest BCUT2D eigenvalue weighted by molar-refractivity contribution is -0.726. The van der Waals surface area contributed by atoms with Gasteiger partial charge in [0.1, 0.15) is 0 Å². The fraction of sp³-hybridized carbons (Fsp3) is 0.700. The van der Waals surface area contributed by atoms with Crippen molar-refractivity contribution in [2.45, 2.75) is 44.3 Å². The molecule has 110 valence electrons. The molecule has 0 amide bonds. The van der Waals surface area contributed by atoms with Crippen LogP contribution in [-0.4, -0.2) is 37.2 Å². The highest BCUT2D eigenvalue weighted by Crippen LogP contribution is 2.46. The fourth-order valence-electron chi connectivity index (χ4n) is 2.58. The van der Waals surface area contributed by atoms with Crippen LogP contribution in [0.1, 0.15) is 27.7 Å². The summed E-state index contributed by atoms with van der Waals surface area (Å²) in [5.41, 5.74) is -8.06. The molecule has 0 radical (unpaired) electrons. The van der Waals surface area contributed by atoms with Gasteiger partial charge in [0.15, 0.2) is 0 Å². The van der Waals surface area contributed by atoms with Gasteiger partial charge in [-0.15, -0.1) is 0 Å². The van der Waals surface area contributed by atoms with E-state index in [1.165, 1.54) is 6.92 Å². The minimum atomic E-state index is -2.73. The van der Waals surface area contributed by atoms with Gasteiger partial charge in [-0.1, -0.05) is 0 Å². The van der Waals surface area contributed by atoms with E-state index < -0.39 is 37.2 Å². The molecule has 10 heteroatoms. The topological polar surface area (TPSA) is 146 Å². The van der Waals surface area contributed by atoms with Crippen molar-refractivity contribution in [3.05, 3.63) is 42.0 Å². The van der Waals surface area contributed by atoms with E-state index in [9.17, 15) is 35.1 Å². The molecular weight excluding hydrogens is 274 g/mol. The normalized spacial score (nSPS) is 37.2. The van der Waals surface area contributed by atoms with Gasteiger partial charge in [0.2, 0.25) is 5.78 Å². The van der Waals surface area contributed by atoms with Gasteiger partial charge in [0, 0.05) is 47.2 Å². The molecule has 1 rings (SSSR count). The number of carbonyl (C=O) groups is 1. The quantitative estimate of drug-likeness (QED) is 0.545. The maximum absolute atomic E-state index is 12.1. The number of rotatable bonds is 3. The number of hydrogen-bond acceptors (Lipinski definition) is 7. The molecular formula is C10H13N3O7. The second-order valence-corrected chi connectivity index (χ2v) is 5.22. The van der Waals surface area contributed by atoms with Crippen LogP contribution in [0.25, 0.3) is 0 Å². The van der Waals surface area contributed by atoms with Gasteiger partial charge in [-0.25, -0.2) is 0 Å². The molecule has 0 bridgehead atoms. The van der Waals surface area contributed by atoms with Crippen LogP contribution < -0.4 is 0 Å². The molecule has 0 heterocycles. The maximum Gasteiger partial charge on any atom is 0.366 e. The van der Waals surface area contributed by atoms with Gasteiger partial charge in [0.05, 0.1) is 0 Å². The molecule has 10 nitrogen and oxygen atoms in total. The Morgan fingerprint density at radius 1 is 0.950 bits per heavy atom. The molecule has 0 saturated heterocycles. The highest BCUT2D eigenvalue weighted by atomic mass is 16.7. The SMILES string of the molecule is CC1=C[C@](C)([N+](=O)[O-])[C@@](C)([N+](=O)[O-])[C@](C)([N+](=O)[O-])C1=O. The zero-order valence-corrected chi connectivity index (χ0v) is 11.3. The van der Waals surface area contributed by atoms with Gasteiger partial charge in [0.25, 0.3) is 0 Å². The van der Waals surface area contributed by atoms with Crippen LogP contribution in [-0.2, 0) is 4.79 Å². The van der Waals surface area contributed by atoms with E-state index >= 15 is 0 Å². The molecule has 0 aliphatic heterocycles. The van der Waals surface area contributed by atoms with E-state index in [0.29, 0.717) is 0 Å². The van der Waals surface area contributed by atoms with Crippen molar-refractivity contribution in [3.63, 3.8) is 0 Å². The van der Waals surface area contributed by atoms with E-state index in [4.69, 9.17) is 0 Å². The van der Waals surface area contributed by atoms with Crippen molar-refractivity contribution >= 4 is 5.78 Å². The summed E-state index contributed by atoms with van der Waals surface area (Å²) in [5.74, 6) is -1.10. The van der Waals surface area contributed by atoms with Crippen LogP contribution in [0.4, 0.5) is 0 Å². The van der Waals surface area contributed by atoms with Crippen molar-refractivity contribution in [1.29, 1.82) is 0 Å². The highest BCUT2D eigenvalue weighted by Gasteiger charge is 2.84. The van der Waals surface area contributed by atoms with Crippen molar-refractivity contribution in [1.82, 2.24) is 0 Å². The van der Waals surface area contributed by atoms with E-state index in [-0.39, 0.29) is 5.57 Å². The lowest BCUT2D eigenvalue weighted by atomic mass is 9.60. The Labute approximate surface area is 112 Å². The monoisotopic (exact) mass is 287 g/mol. The maximum atomic E-state index is 12.1. The lowest BCUT2D eigenvalue weighted by Crippen LogP contribution is -2.77. The first-order valence-electron chi connectivity index (χ1n) is 5.55. The summed E-state index contributed by atoms with van der Waals surface area (Å²) < 4.78 is 0. The van der Waals surface area contributed by atoms with Gasteiger partial charge in [-0.05, 0) is 6.92 Å². The first-order valence-corrected chi connectivity index (χ1v) is 5.55. The smallest absolute Gasteiger partial charge is 0.286 e. The van der Waals surface area contributed by atoms with Crippen LogP contribution in [0.5, 0.6) is 0 Å². The number of nitro groups is 3. The standard InChI is InChI=1S/C10H13N3O7/c1-6-5-8(2,11(15)16)10(4,13(19)20)9(3,7(6)14)12(17)18/h5H,1-4H3/t8-,9+,10+/m0/s1. The van der Waals surface area contributed by atoms with Gasteiger partial charge >= 0.3 is 16.6 Å². The molecule has 1 aliphatic carbocycles. The zero-order valence-electron chi connectivity index (χ0n) is 11.3. The van der Waals surface area contributed by atoms with Gasteiger partial charge in [-0.2, -0.15) is 0 Å². The van der Waals surface area contributed by atoms with Crippen molar-refractivity contribution < 1.29 is 19.6 Å². The predicted octanol–water partition coefficient (Wildman–Crippen LogP) is 0.622. The fourth-order valence-corrected chi connectivity index (χ4v) is 2.58. The molecule has 0 N–H and O–H groups in total. The molecule has 0 aromatic carbocycles. The summed E-state index contributed by atoms with van der Waals surface area (Å²) in [7, 11) is 0. The molecule has 20 heavy (non-hydrogen) atoms. The average Bonchev–Trinajstić information content (AvgIpc) is 2.32. The summed E-state index contributed by atoms with van der Waals surface area (Å²) >= 11 is 0. The number of Topliss-reactive ketones (excluding diaryl/α,β-unsaturated/α-hetero) is 1. The third-order valence-electron chi connectivity index (χ3n) is 4.34. The van der Waals surface area contributed by atoms with E-state index in [1.54, 1.807) is 0 Å². The Morgan fingerprint density at radius 2 is 1.40 bits per heavy atom. The Kier molecular flexibility index (Phi) is 3.17. The van der Waals surface area contributed by atoms with Crippen LogP contribution in [0.2, 0.25) is 0 Å². The van der Waals surface area contributed by atoms with Crippen molar-refractivity contribution in [2.75, 3.05) is 0 Å². The number of ketones is 1. The Hall–Kier alpha value is -2.39. The summed E-state index contributed by atoms with van der Waals surface area (Å²) in [6.45, 7) is 3.61. The third-order valence-corrected chi connectivity index (χ3v) is 4.34. The summed E-state index contributed by atoms with van der Waals surface area (Å²) in [5, 5.41) is 34.0. The first kappa shape index (κ1) is 15.7. The van der Waals surface area contributed by atoms with Crippen molar-refractivity contribution in [3.8, 4) is 0 Å². The Morgan fingerprint density at radius 3 is 1.70 bits per heavy atom. The third kappa shape index (κ3) is 1.41. The predicted molar refractivity (Wildman–Crippen MR) is 65.0 cm³/mol. The minimum Gasteiger partial charge on any atom is -0.286 e. The van der Waals surface area contributed by atoms with Crippen LogP contribution in [0.15, 0.2) is 11.6 Å². The van der Waals surface area contributed by atoms with Crippen LogP contribution in [0, 0.1) is 30.3 Å². The first-order chi connectivity index (χ1) is 8.87. The summed E-state index contributed by atoms with van der Waals surface area (Å²) in [4.78, 5) is 42.8. The molecule has 0 aromatic heterocycles. The van der Waals surface area contributed by atoms with E-state index in [0.717, 1.165) is 26.8 Å². The van der Waals surface area contributed by atoms with Gasteiger partial charge < -0.3 is 0 Å². The molecule has 0 spiro atoms. The van der Waals surface area contributed by atoms with Crippen molar-refractivity contribution in [2.24, 2.45) is 0 Å². The molecule has 0 fully saturated rings. The van der Waals surface area contributed by atoms with E-state index in [1.807, 2.05) is 0 Å². The van der Waals surface area contributed by atoms with Gasteiger partial charge in [-0.3, -0.25) is 35.1 Å². The highest BCUT2D eigenvalue weighted by molar-refractivity contribution is 6.03. The molecule has 0 aromatic rings. The molecule has 0 unspecified atom stereocenters. The lowest BCUT2D eigenvalue weighted by Gasteiger charge is -2.39. The second-order valence-electron chi connectivity index (χ2n) is 5.22. The number of hydrogen-bond donors (Lipinski definition) is 0. The molecule has 3 atom stereocenters. The largest absolute Gasteiger partial charge is 0.366 e. The van der Waals surface area contributed by atoms with E-state index in [2.05, 4.69) is 0 Å². The average molecular weight is 287 g/mol. The van der Waals surface area contributed by atoms with Crippen LogP contribution in [0.3, 0.4) is 0 Å². The minimum absolute atomic E-state index is 0.234. The molecule has 1 aliphatic rings. The van der Waals surface area contributed by atoms with Crippen LogP contribution >= 0.6 is 0 Å². The second kappa shape index (κ2) is 4.05. The summed E-state index contributed by atoms with van der Waals surface area (Å²) in [6.07, 6.45) is 0.823.